The van der Waals surface area contributed by atoms with E-state index in [1.165, 1.54) is 12.1 Å². The molecule has 30 heavy (non-hydrogen) atoms. The van der Waals surface area contributed by atoms with Crippen molar-refractivity contribution in [3.8, 4) is 0 Å². The van der Waals surface area contributed by atoms with E-state index in [2.05, 4.69) is 5.32 Å². The molecule has 1 N–H and O–H groups in total. The van der Waals surface area contributed by atoms with E-state index in [0.29, 0.717) is 22.0 Å². The van der Waals surface area contributed by atoms with Gasteiger partial charge in [0.1, 0.15) is 11.9 Å². The third-order valence-corrected chi connectivity index (χ3v) is 5.23. The van der Waals surface area contributed by atoms with E-state index in [4.69, 9.17) is 23.2 Å². The number of amides is 2. The highest BCUT2D eigenvalue weighted by molar-refractivity contribution is 6.42. The van der Waals surface area contributed by atoms with Crippen LogP contribution >= 0.6 is 23.2 Å². The van der Waals surface area contributed by atoms with Gasteiger partial charge in [-0.3, -0.25) is 9.59 Å². The predicted molar refractivity (Wildman–Crippen MR) is 119 cm³/mol. The topological polar surface area (TPSA) is 49.4 Å². The first kappa shape index (κ1) is 24.2. The Labute approximate surface area is 187 Å². The van der Waals surface area contributed by atoms with Gasteiger partial charge >= 0.3 is 0 Å². The van der Waals surface area contributed by atoms with Crippen molar-refractivity contribution >= 4 is 35.0 Å². The number of hydrogen-bond acceptors (Lipinski definition) is 2. The summed E-state index contributed by atoms with van der Waals surface area (Å²) in [6.07, 6.45) is 0.499. The van der Waals surface area contributed by atoms with Gasteiger partial charge in [0.25, 0.3) is 0 Å². The number of nitrogens with one attached hydrogen (secondary N) is 1. The molecule has 2 aromatic carbocycles. The van der Waals surface area contributed by atoms with Crippen molar-refractivity contribution in [3.63, 3.8) is 0 Å². The monoisotopic (exact) mass is 452 g/mol. The normalized spacial score (nSPS) is 12.4. The van der Waals surface area contributed by atoms with Gasteiger partial charge in [0.2, 0.25) is 11.8 Å². The van der Waals surface area contributed by atoms with Crippen molar-refractivity contribution in [1.29, 1.82) is 0 Å². The molecule has 2 amide bonds. The summed E-state index contributed by atoms with van der Waals surface area (Å²) in [6, 6.07) is 10.2. The van der Waals surface area contributed by atoms with Crippen molar-refractivity contribution in [1.82, 2.24) is 10.2 Å². The third-order valence-electron chi connectivity index (χ3n) is 4.49. The maximum absolute atomic E-state index is 13.2. The quantitative estimate of drug-likeness (QED) is 0.611. The van der Waals surface area contributed by atoms with E-state index in [-0.39, 0.29) is 30.6 Å². The van der Waals surface area contributed by atoms with Crippen molar-refractivity contribution in [2.24, 2.45) is 0 Å². The Morgan fingerprint density at radius 1 is 1.03 bits per heavy atom. The minimum Gasteiger partial charge on any atom is -0.350 e. The lowest BCUT2D eigenvalue weighted by atomic mass is 10.0. The van der Waals surface area contributed by atoms with Crippen LogP contribution in [0, 0.1) is 5.82 Å². The van der Waals surface area contributed by atoms with Gasteiger partial charge in [0, 0.05) is 12.1 Å². The van der Waals surface area contributed by atoms with Gasteiger partial charge in [-0.1, -0.05) is 48.3 Å². The van der Waals surface area contributed by atoms with Gasteiger partial charge in [0.05, 0.1) is 16.5 Å². The molecule has 1 atom stereocenters. The Morgan fingerprint density at radius 3 is 2.17 bits per heavy atom. The molecule has 2 aromatic rings. The fraction of sp³-hybridized carbons (Fsp3) is 0.391. The molecule has 0 saturated carbocycles. The van der Waals surface area contributed by atoms with Crippen molar-refractivity contribution in [2.75, 3.05) is 0 Å². The number of rotatable bonds is 7. The molecule has 0 fully saturated rings. The minimum atomic E-state index is -0.661. The molecule has 0 spiro atoms. The third kappa shape index (κ3) is 6.99. The van der Waals surface area contributed by atoms with Crippen LogP contribution in [0.5, 0.6) is 0 Å². The molecule has 0 bridgehead atoms. The lowest BCUT2D eigenvalue weighted by Crippen LogP contribution is -2.53. The second kappa shape index (κ2) is 10.3. The molecule has 0 aromatic heterocycles. The van der Waals surface area contributed by atoms with Crippen LogP contribution in [0.1, 0.15) is 45.2 Å². The van der Waals surface area contributed by atoms with Gasteiger partial charge < -0.3 is 10.2 Å². The van der Waals surface area contributed by atoms with Crippen LogP contribution in [0.25, 0.3) is 0 Å². The van der Waals surface area contributed by atoms with Crippen LogP contribution in [0.15, 0.2) is 42.5 Å². The molecule has 0 aliphatic heterocycles. The van der Waals surface area contributed by atoms with Gasteiger partial charge in [-0.2, -0.15) is 0 Å². The number of nitrogens with zero attached hydrogens (tertiary/aromatic N) is 1. The Hall–Kier alpha value is -2.11. The smallest absolute Gasteiger partial charge is 0.243 e. The largest absolute Gasteiger partial charge is 0.350 e. The maximum atomic E-state index is 13.2. The van der Waals surface area contributed by atoms with Crippen LogP contribution in [0.3, 0.4) is 0 Å². The van der Waals surface area contributed by atoms with Crippen LogP contribution < -0.4 is 5.32 Å². The van der Waals surface area contributed by atoms with Crippen LogP contribution in [0.2, 0.25) is 10.0 Å². The molecule has 4 nitrogen and oxygen atoms in total. The minimum absolute atomic E-state index is 0.0564. The van der Waals surface area contributed by atoms with E-state index in [9.17, 15) is 14.0 Å². The molecule has 0 heterocycles. The van der Waals surface area contributed by atoms with Crippen molar-refractivity contribution < 1.29 is 14.0 Å². The fourth-order valence-electron chi connectivity index (χ4n) is 3.09. The summed E-state index contributed by atoms with van der Waals surface area (Å²) in [5.74, 6) is -0.823. The number of carbonyl (C=O) groups is 2. The summed E-state index contributed by atoms with van der Waals surface area (Å²) in [7, 11) is 0. The van der Waals surface area contributed by atoms with Crippen LogP contribution in [0.4, 0.5) is 4.39 Å². The van der Waals surface area contributed by atoms with E-state index in [1.807, 2.05) is 27.7 Å². The van der Waals surface area contributed by atoms with E-state index in [1.54, 1.807) is 35.2 Å². The van der Waals surface area contributed by atoms with Gasteiger partial charge in [-0.25, -0.2) is 4.39 Å². The Kier molecular flexibility index (Phi) is 8.27. The summed E-state index contributed by atoms with van der Waals surface area (Å²) in [5, 5.41) is 3.75. The van der Waals surface area contributed by atoms with Gasteiger partial charge in [0.15, 0.2) is 0 Å². The van der Waals surface area contributed by atoms with Crippen LogP contribution in [-0.2, 0) is 22.6 Å². The molecule has 0 aliphatic rings. The lowest BCUT2D eigenvalue weighted by molar-refractivity contribution is -0.141. The summed E-state index contributed by atoms with van der Waals surface area (Å²) < 4.78 is 13.2. The molecule has 7 heteroatoms. The molecule has 162 valence electrons. The lowest BCUT2D eigenvalue weighted by Gasteiger charge is -2.33. The first-order valence-electron chi connectivity index (χ1n) is 9.80. The van der Waals surface area contributed by atoms with Gasteiger partial charge in [-0.15, -0.1) is 0 Å². The second-order valence-corrected chi connectivity index (χ2v) is 9.05. The summed E-state index contributed by atoms with van der Waals surface area (Å²) in [5.41, 5.74) is 1.00. The maximum Gasteiger partial charge on any atom is 0.243 e. The van der Waals surface area contributed by atoms with Crippen molar-refractivity contribution in [3.05, 3.63) is 69.5 Å². The Morgan fingerprint density at radius 2 is 1.63 bits per heavy atom. The zero-order valence-electron chi connectivity index (χ0n) is 17.6. The number of hydrogen-bond donors (Lipinski definition) is 1. The molecular formula is C23H27Cl2FN2O2. The zero-order chi connectivity index (χ0) is 22.5. The van der Waals surface area contributed by atoms with Crippen LogP contribution in [-0.4, -0.2) is 28.3 Å². The number of halogens is 3. The SMILES string of the molecule is CCC(C(=O)NC(C)(C)C)N(Cc1ccc(Cl)c(Cl)c1)C(=O)Cc1ccc(F)cc1. The number of carbonyl (C=O) groups excluding carboxylic acids is 2. The highest BCUT2D eigenvalue weighted by atomic mass is 35.5. The average molecular weight is 453 g/mol. The highest BCUT2D eigenvalue weighted by Gasteiger charge is 2.30. The molecule has 0 radical (unpaired) electrons. The molecule has 0 saturated heterocycles. The fourth-order valence-corrected chi connectivity index (χ4v) is 3.41. The van der Waals surface area contributed by atoms with Gasteiger partial charge in [-0.05, 0) is 62.6 Å². The Balaban J connectivity index is 2.33. The highest BCUT2D eigenvalue weighted by Crippen LogP contribution is 2.24. The number of benzene rings is 2. The molecular weight excluding hydrogens is 426 g/mol. The van der Waals surface area contributed by atoms with Crippen molar-refractivity contribution in [2.45, 2.75) is 58.7 Å². The summed E-state index contributed by atoms with van der Waals surface area (Å²) in [6.45, 7) is 7.73. The van der Waals surface area contributed by atoms with E-state index >= 15 is 0 Å². The first-order chi connectivity index (χ1) is 14.0. The average Bonchev–Trinajstić information content (AvgIpc) is 2.64. The predicted octanol–water partition coefficient (Wildman–Crippen LogP) is 5.40. The Bertz CT molecular complexity index is 895. The zero-order valence-corrected chi connectivity index (χ0v) is 19.1. The van der Waals surface area contributed by atoms with E-state index in [0.717, 1.165) is 5.56 Å². The summed E-state index contributed by atoms with van der Waals surface area (Å²) in [4.78, 5) is 27.7. The second-order valence-electron chi connectivity index (χ2n) is 8.24. The molecule has 0 aliphatic carbocycles. The summed E-state index contributed by atoms with van der Waals surface area (Å²) >= 11 is 12.1. The standard InChI is InChI=1S/C23H27Cl2FN2O2/c1-5-20(22(30)27-23(2,3)4)28(14-16-8-11-18(24)19(25)12-16)21(29)13-15-6-9-17(26)10-7-15/h6-12,20H,5,13-14H2,1-4H3,(H,27,30). The molecule has 2 rings (SSSR count). The molecule has 1 unspecified atom stereocenters. The first-order valence-corrected chi connectivity index (χ1v) is 10.6. The van der Waals surface area contributed by atoms with E-state index < -0.39 is 11.6 Å².